The molecule has 0 unspecified atom stereocenters. The van der Waals surface area contributed by atoms with Crippen LogP contribution in [0.2, 0.25) is 0 Å². The van der Waals surface area contributed by atoms with Crippen LogP contribution in [0.1, 0.15) is 37.1 Å². The molecule has 5 nitrogen and oxygen atoms in total. The van der Waals surface area contributed by atoms with E-state index in [1.54, 1.807) is 63.4 Å². The molecule has 2 rings (SSSR count). The molecule has 0 aliphatic heterocycles. The molecular formula is C19H24N2O3S. The van der Waals surface area contributed by atoms with Crippen molar-refractivity contribution in [2.75, 3.05) is 6.54 Å². The minimum absolute atomic E-state index is 0.00198. The summed E-state index contributed by atoms with van der Waals surface area (Å²) in [5.74, 6) is -0.194. The van der Waals surface area contributed by atoms with Gasteiger partial charge >= 0.3 is 0 Å². The number of aryl methyl sites for hydroxylation is 1. The number of hydrogen-bond donors (Lipinski definition) is 1. The second-order valence-corrected chi connectivity index (χ2v) is 9.22. The van der Waals surface area contributed by atoms with E-state index >= 15 is 0 Å². The first kappa shape index (κ1) is 19.1. The lowest BCUT2D eigenvalue weighted by molar-refractivity contribution is -0.128. The molecule has 0 aliphatic carbocycles. The zero-order valence-corrected chi connectivity index (χ0v) is 15.8. The fourth-order valence-corrected chi connectivity index (χ4v) is 3.96. The molecule has 0 saturated carbocycles. The van der Waals surface area contributed by atoms with E-state index < -0.39 is 20.5 Å². The van der Waals surface area contributed by atoms with Gasteiger partial charge in [-0.15, -0.1) is 0 Å². The van der Waals surface area contributed by atoms with Crippen molar-refractivity contribution in [3.63, 3.8) is 0 Å². The topological polar surface area (TPSA) is 76.1 Å². The van der Waals surface area contributed by atoms with Crippen LogP contribution in [0.5, 0.6) is 0 Å². The number of carbonyl (C=O) groups is 1. The number of sulfone groups is 1. The number of benzene rings is 1. The number of carbonyl (C=O) groups excluding carboxylic acids is 1. The van der Waals surface area contributed by atoms with Crippen molar-refractivity contribution in [3.05, 3.63) is 59.9 Å². The van der Waals surface area contributed by atoms with Crippen LogP contribution >= 0.6 is 0 Å². The third-order valence-corrected chi connectivity index (χ3v) is 6.03. The van der Waals surface area contributed by atoms with Gasteiger partial charge in [-0.3, -0.25) is 9.78 Å². The lowest BCUT2D eigenvalue weighted by atomic mass is 9.95. The predicted octanol–water partition coefficient (Wildman–Crippen LogP) is 3.07. The number of rotatable bonds is 5. The predicted molar refractivity (Wildman–Crippen MR) is 97.8 cm³/mol. The van der Waals surface area contributed by atoms with Crippen molar-refractivity contribution in [1.82, 2.24) is 10.3 Å². The Labute approximate surface area is 149 Å². The Balaban J connectivity index is 2.38. The van der Waals surface area contributed by atoms with Gasteiger partial charge in [0.25, 0.3) is 0 Å². The highest BCUT2D eigenvalue weighted by atomic mass is 32.2. The van der Waals surface area contributed by atoms with Gasteiger partial charge in [0.2, 0.25) is 5.91 Å². The Hall–Kier alpha value is -2.21. The molecule has 0 radical (unpaired) electrons. The van der Waals surface area contributed by atoms with Gasteiger partial charge in [0, 0.05) is 24.4 Å². The van der Waals surface area contributed by atoms with E-state index in [1.807, 2.05) is 6.92 Å². The Morgan fingerprint density at radius 2 is 1.80 bits per heavy atom. The lowest BCUT2D eigenvalue weighted by Crippen LogP contribution is -2.38. The summed E-state index contributed by atoms with van der Waals surface area (Å²) in [7, 11) is -3.67. The molecule has 0 aliphatic rings. The van der Waals surface area contributed by atoms with Crippen LogP contribution in [0.25, 0.3) is 0 Å². The minimum atomic E-state index is -3.67. The number of amides is 1. The zero-order valence-electron chi connectivity index (χ0n) is 15.0. The maximum Gasteiger partial charge on any atom is 0.225 e. The molecule has 1 aromatic heterocycles. The summed E-state index contributed by atoms with van der Waals surface area (Å²) in [6, 6.07) is 10.1. The smallest absolute Gasteiger partial charge is 0.225 e. The number of nitrogens with zero attached hydrogens (tertiary/aromatic N) is 1. The molecule has 1 atom stereocenters. The second-order valence-electron chi connectivity index (χ2n) is 7.09. The molecular weight excluding hydrogens is 336 g/mol. The monoisotopic (exact) mass is 360 g/mol. The van der Waals surface area contributed by atoms with Crippen molar-refractivity contribution >= 4 is 15.7 Å². The van der Waals surface area contributed by atoms with Crippen LogP contribution < -0.4 is 5.32 Å². The Kier molecular flexibility index (Phi) is 5.62. The first-order valence-electron chi connectivity index (χ1n) is 8.11. The highest BCUT2D eigenvalue weighted by Gasteiger charge is 2.31. The van der Waals surface area contributed by atoms with Gasteiger partial charge in [0.05, 0.1) is 4.90 Å². The zero-order chi connectivity index (χ0) is 18.7. The largest absolute Gasteiger partial charge is 0.354 e. The summed E-state index contributed by atoms with van der Waals surface area (Å²) < 4.78 is 26.3. The van der Waals surface area contributed by atoms with Crippen LogP contribution in [0.15, 0.2) is 53.7 Å². The summed E-state index contributed by atoms with van der Waals surface area (Å²) in [5.41, 5.74) is 0.947. The number of nitrogens with one attached hydrogen (secondary N) is 1. The third kappa shape index (κ3) is 4.66. The van der Waals surface area contributed by atoms with E-state index in [9.17, 15) is 13.2 Å². The van der Waals surface area contributed by atoms with Gasteiger partial charge in [0.1, 0.15) is 5.25 Å². The molecule has 1 aromatic carbocycles. The van der Waals surface area contributed by atoms with Crippen LogP contribution in [0, 0.1) is 12.3 Å². The summed E-state index contributed by atoms with van der Waals surface area (Å²) in [6.45, 7) is 7.26. The normalized spacial score (nSPS) is 13.3. The number of aromatic nitrogens is 1. The average Bonchev–Trinajstić information content (AvgIpc) is 2.55. The fourth-order valence-electron chi connectivity index (χ4n) is 2.32. The van der Waals surface area contributed by atoms with E-state index in [-0.39, 0.29) is 17.3 Å². The minimum Gasteiger partial charge on any atom is -0.354 e. The van der Waals surface area contributed by atoms with Gasteiger partial charge in [-0.1, -0.05) is 44.5 Å². The van der Waals surface area contributed by atoms with E-state index in [4.69, 9.17) is 0 Å². The Bertz CT molecular complexity index is 823. The van der Waals surface area contributed by atoms with Crippen LogP contribution in [0.3, 0.4) is 0 Å². The van der Waals surface area contributed by atoms with E-state index in [1.165, 1.54) is 6.20 Å². The van der Waals surface area contributed by atoms with Crippen LogP contribution in [0.4, 0.5) is 0 Å². The van der Waals surface area contributed by atoms with Gasteiger partial charge in [-0.2, -0.15) is 0 Å². The Morgan fingerprint density at radius 1 is 1.16 bits per heavy atom. The van der Waals surface area contributed by atoms with Gasteiger partial charge in [0.15, 0.2) is 9.84 Å². The number of hydrogen-bond acceptors (Lipinski definition) is 4. The molecule has 0 bridgehead atoms. The molecule has 25 heavy (non-hydrogen) atoms. The molecule has 2 aromatic rings. The average molecular weight is 360 g/mol. The standard InChI is InChI=1S/C19H24N2O3S/c1-14-7-9-16(10-8-14)25(23,24)17(15-6-5-11-20-12-15)13-21-18(22)19(2,3)4/h5-12,17H,13H2,1-4H3,(H,21,22)/t17-/m0/s1. The van der Waals surface area contributed by atoms with Crippen molar-refractivity contribution in [2.45, 2.75) is 37.8 Å². The molecule has 0 saturated heterocycles. The van der Waals surface area contributed by atoms with Crippen molar-refractivity contribution in [2.24, 2.45) is 5.41 Å². The SMILES string of the molecule is Cc1ccc(S(=O)(=O)[C@@H](CNC(=O)C(C)(C)C)c2cccnc2)cc1. The van der Waals surface area contributed by atoms with Crippen LogP contribution in [-0.2, 0) is 14.6 Å². The maximum absolute atomic E-state index is 13.1. The molecule has 1 N–H and O–H groups in total. The van der Waals surface area contributed by atoms with Crippen molar-refractivity contribution in [1.29, 1.82) is 0 Å². The van der Waals surface area contributed by atoms with E-state index in [0.717, 1.165) is 5.56 Å². The fraction of sp³-hybridized carbons (Fsp3) is 0.368. The Morgan fingerprint density at radius 3 is 2.32 bits per heavy atom. The van der Waals surface area contributed by atoms with Crippen LogP contribution in [-0.4, -0.2) is 25.9 Å². The maximum atomic E-state index is 13.1. The molecule has 0 spiro atoms. The van der Waals surface area contributed by atoms with Gasteiger partial charge in [-0.25, -0.2) is 8.42 Å². The second kappa shape index (κ2) is 7.35. The van der Waals surface area contributed by atoms with Crippen molar-refractivity contribution < 1.29 is 13.2 Å². The highest BCUT2D eigenvalue weighted by molar-refractivity contribution is 7.91. The number of pyridine rings is 1. The summed E-state index contributed by atoms with van der Waals surface area (Å²) >= 11 is 0. The quantitative estimate of drug-likeness (QED) is 0.889. The van der Waals surface area contributed by atoms with Gasteiger partial charge < -0.3 is 5.32 Å². The van der Waals surface area contributed by atoms with E-state index in [0.29, 0.717) is 5.56 Å². The summed E-state index contributed by atoms with van der Waals surface area (Å²) in [4.78, 5) is 16.4. The highest BCUT2D eigenvalue weighted by Crippen LogP contribution is 2.28. The summed E-state index contributed by atoms with van der Waals surface area (Å²) in [5, 5.41) is 1.87. The molecule has 0 fully saturated rings. The lowest BCUT2D eigenvalue weighted by Gasteiger charge is -2.22. The van der Waals surface area contributed by atoms with Gasteiger partial charge in [-0.05, 0) is 30.7 Å². The molecule has 1 heterocycles. The molecule has 6 heteroatoms. The molecule has 134 valence electrons. The first-order valence-corrected chi connectivity index (χ1v) is 9.66. The van der Waals surface area contributed by atoms with E-state index in [2.05, 4.69) is 10.3 Å². The van der Waals surface area contributed by atoms with Crippen molar-refractivity contribution in [3.8, 4) is 0 Å². The first-order chi connectivity index (χ1) is 11.6. The summed E-state index contributed by atoms with van der Waals surface area (Å²) in [6.07, 6.45) is 3.12. The molecule has 1 amide bonds. The third-order valence-electron chi connectivity index (χ3n) is 3.91.